The van der Waals surface area contributed by atoms with Gasteiger partial charge in [-0.25, -0.2) is 0 Å². The number of hydrogen-bond acceptors (Lipinski definition) is 4. The first-order valence-corrected chi connectivity index (χ1v) is 9.03. The molecule has 6 nitrogen and oxygen atoms in total. The maximum atomic E-state index is 12.6. The highest BCUT2D eigenvalue weighted by Gasteiger charge is 2.14. The lowest BCUT2D eigenvalue weighted by Gasteiger charge is -2.12. The molecule has 0 saturated heterocycles. The Kier molecular flexibility index (Phi) is 6.01. The number of nitrogens with one attached hydrogen (secondary N) is 2. The van der Waals surface area contributed by atoms with Crippen LogP contribution in [0.4, 0.5) is 5.69 Å². The van der Waals surface area contributed by atoms with Crippen LogP contribution in [0.5, 0.6) is 0 Å². The average molecular weight is 395 g/mol. The first-order valence-electron chi connectivity index (χ1n) is 8.65. The Morgan fingerprint density at radius 2 is 1.79 bits per heavy atom. The van der Waals surface area contributed by atoms with Crippen molar-refractivity contribution in [3.8, 4) is 0 Å². The van der Waals surface area contributed by atoms with E-state index < -0.39 is 0 Å². The van der Waals surface area contributed by atoms with Crippen molar-refractivity contribution in [2.75, 3.05) is 5.32 Å². The Balaban J connectivity index is 1.72. The largest absolute Gasteiger partial charge is 0.346 e. The van der Waals surface area contributed by atoms with E-state index in [2.05, 4.69) is 20.6 Å². The van der Waals surface area contributed by atoms with Crippen molar-refractivity contribution in [1.82, 2.24) is 15.3 Å². The van der Waals surface area contributed by atoms with Gasteiger partial charge < -0.3 is 10.6 Å². The van der Waals surface area contributed by atoms with Gasteiger partial charge in [0, 0.05) is 18.6 Å². The van der Waals surface area contributed by atoms with Crippen LogP contribution >= 0.6 is 11.6 Å². The van der Waals surface area contributed by atoms with Gasteiger partial charge in [0.15, 0.2) is 0 Å². The third kappa shape index (κ3) is 4.72. The number of nitrogens with zero attached hydrogens (tertiary/aromatic N) is 2. The van der Waals surface area contributed by atoms with Crippen molar-refractivity contribution in [2.45, 2.75) is 20.4 Å². The van der Waals surface area contributed by atoms with Gasteiger partial charge in [-0.05, 0) is 49.2 Å². The van der Waals surface area contributed by atoms with Crippen molar-refractivity contribution in [1.29, 1.82) is 0 Å². The highest BCUT2D eigenvalue weighted by Crippen LogP contribution is 2.27. The van der Waals surface area contributed by atoms with Crippen LogP contribution in [-0.4, -0.2) is 21.8 Å². The lowest BCUT2D eigenvalue weighted by molar-refractivity contribution is 0.0950. The summed E-state index contributed by atoms with van der Waals surface area (Å²) in [7, 11) is 0. The fourth-order valence-electron chi connectivity index (χ4n) is 2.72. The molecule has 1 aromatic carbocycles. The fourth-order valence-corrected chi connectivity index (χ4v) is 3.09. The molecule has 0 bridgehead atoms. The molecule has 0 fully saturated rings. The van der Waals surface area contributed by atoms with E-state index in [1.54, 1.807) is 18.3 Å². The second-order valence-electron chi connectivity index (χ2n) is 6.36. The molecule has 0 radical (unpaired) electrons. The number of halogens is 1. The number of aromatic nitrogens is 2. The summed E-state index contributed by atoms with van der Waals surface area (Å²) in [6.07, 6.45) is 4.48. The van der Waals surface area contributed by atoms with Gasteiger partial charge in [0.1, 0.15) is 0 Å². The van der Waals surface area contributed by atoms with Crippen molar-refractivity contribution in [2.24, 2.45) is 0 Å². The summed E-state index contributed by atoms with van der Waals surface area (Å²) >= 11 is 6.25. The van der Waals surface area contributed by atoms with Crippen molar-refractivity contribution >= 4 is 29.1 Å². The third-order valence-corrected chi connectivity index (χ3v) is 4.39. The minimum absolute atomic E-state index is 0.265. The van der Waals surface area contributed by atoms with E-state index in [1.807, 2.05) is 32.0 Å². The first-order chi connectivity index (χ1) is 13.4. The zero-order chi connectivity index (χ0) is 20.1. The zero-order valence-electron chi connectivity index (χ0n) is 15.5. The Morgan fingerprint density at radius 1 is 1.04 bits per heavy atom. The Morgan fingerprint density at radius 3 is 2.46 bits per heavy atom. The molecule has 2 N–H and O–H groups in total. The highest BCUT2D eigenvalue weighted by atomic mass is 35.5. The van der Waals surface area contributed by atoms with Crippen LogP contribution < -0.4 is 10.6 Å². The number of aryl methyl sites for hydroxylation is 2. The van der Waals surface area contributed by atoms with E-state index in [0.29, 0.717) is 10.7 Å². The van der Waals surface area contributed by atoms with Crippen LogP contribution in [-0.2, 0) is 6.54 Å². The van der Waals surface area contributed by atoms with Gasteiger partial charge in [0.05, 0.1) is 34.1 Å². The summed E-state index contributed by atoms with van der Waals surface area (Å²) in [5.41, 5.74) is 3.70. The Labute approximate surface area is 168 Å². The molecule has 142 valence electrons. The maximum absolute atomic E-state index is 12.6. The number of pyridine rings is 2. The fraction of sp³-hybridized carbons (Fsp3) is 0.143. The predicted octanol–water partition coefficient (Wildman–Crippen LogP) is 3.93. The monoisotopic (exact) mass is 394 g/mol. The quantitative estimate of drug-likeness (QED) is 0.686. The number of anilines is 1. The average Bonchev–Trinajstić information content (AvgIpc) is 2.69. The van der Waals surface area contributed by atoms with E-state index >= 15 is 0 Å². The summed E-state index contributed by atoms with van der Waals surface area (Å²) in [4.78, 5) is 33.1. The van der Waals surface area contributed by atoms with Gasteiger partial charge in [0.25, 0.3) is 11.8 Å². The molecule has 2 aromatic heterocycles. The summed E-state index contributed by atoms with van der Waals surface area (Å²) in [5, 5.41) is 6.02. The summed E-state index contributed by atoms with van der Waals surface area (Å²) in [6.45, 7) is 4.09. The molecule has 0 unspecified atom stereocenters. The van der Waals surface area contributed by atoms with E-state index in [1.165, 1.54) is 18.5 Å². The minimum atomic E-state index is -0.388. The number of carbonyl (C=O) groups is 2. The molecule has 7 heteroatoms. The molecule has 3 aromatic rings. The van der Waals surface area contributed by atoms with E-state index in [-0.39, 0.29) is 29.5 Å². The van der Waals surface area contributed by atoms with Crippen LogP contribution in [0.3, 0.4) is 0 Å². The van der Waals surface area contributed by atoms with Gasteiger partial charge in [0.2, 0.25) is 0 Å². The molecule has 2 amide bonds. The molecule has 0 aliphatic carbocycles. The Hall–Kier alpha value is -3.25. The van der Waals surface area contributed by atoms with Crippen LogP contribution in [0.1, 0.15) is 37.5 Å². The van der Waals surface area contributed by atoms with E-state index in [4.69, 9.17) is 11.6 Å². The molecule has 3 rings (SSSR count). The number of amides is 2. The molecule has 0 aliphatic rings. The first kappa shape index (κ1) is 19.5. The third-order valence-electron chi connectivity index (χ3n) is 4.09. The predicted molar refractivity (Wildman–Crippen MR) is 109 cm³/mol. The molecule has 28 heavy (non-hydrogen) atoms. The molecule has 0 spiro atoms. The SMILES string of the molecule is Cc1cc(C)c(NC(=O)c2cncc(C(=O)NCc3ccccn3)c2)c(Cl)c1. The van der Waals surface area contributed by atoms with Crippen LogP contribution in [0.25, 0.3) is 0 Å². The standard InChI is InChI=1S/C21H19ClN4O2/c1-13-7-14(2)19(18(22)8-13)26-21(28)16-9-15(10-23-11-16)20(27)25-12-17-5-3-4-6-24-17/h3-11H,12H2,1-2H3,(H,25,27)(H,26,28). The van der Waals surface area contributed by atoms with Gasteiger partial charge >= 0.3 is 0 Å². The second-order valence-corrected chi connectivity index (χ2v) is 6.77. The molecule has 0 aliphatic heterocycles. The number of hydrogen-bond donors (Lipinski definition) is 2. The van der Waals surface area contributed by atoms with Gasteiger partial charge in [-0.2, -0.15) is 0 Å². The summed E-state index contributed by atoms with van der Waals surface area (Å²) in [6, 6.07) is 10.7. The zero-order valence-corrected chi connectivity index (χ0v) is 16.2. The normalized spacial score (nSPS) is 10.4. The molecule has 0 atom stereocenters. The van der Waals surface area contributed by atoms with Crippen molar-refractivity contribution in [3.05, 3.63) is 88.0 Å². The van der Waals surface area contributed by atoms with Gasteiger partial charge in [-0.15, -0.1) is 0 Å². The van der Waals surface area contributed by atoms with E-state index in [9.17, 15) is 9.59 Å². The van der Waals surface area contributed by atoms with Gasteiger partial charge in [-0.3, -0.25) is 19.6 Å². The smallest absolute Gasteiger partial charge is 0.257 e. The summed E-state index contributed by atoms with van der Waals surface area (Å²) in [5.74, 6) is -0.724. The maximum Gasteiger partial charge on any atom is 0.257 e. The highest BCUT2D eigenvalue weighted by molar-refractivity contribution is 6.34. The van der Waals surface area contributed by atoms with Crippen molar-refractivity contribution in [3.63, 3.8) is 0 Å². The van der Waals surface area contributed by atoms with Crippen molar-refractivity contribution < 1.29 is 9.59 Å². The number of benzene rings is 1. The minimum Gasteiger partial charge on any atom is -0.346 e. The molecular formula is C21H19ClN4O2. The Bertz CT molecular complexity index is 999. The number of carbonyl (C=O) groups excluding carboxylic acids is 2. The summed E-state index contributed by atoms with van der Waals surface area (Å²) < 4.78 is 0. The van der Waals surface area contributed by atoms with Gasteiger partial charge in [-0.1, -0.05) is 23.7 Å². The lowest BCUT2D eigenvalue weighted by Crippen LogP contribution is -2.24. The molecule has 0 saturated carbocycles. The lowest BCUT2D eigenvalue weighted by atomic mass is 10.1. The van der Waals surface area contributed by atoms with Crippen LogP contribution in [0, 0.1) is 13.8 Å². The van der Waals surface area contributed by atoms with E-state index in [0.717, 1.165) is 16.8 Å². The topological polar surface area (TPSA) is 84.0 Å². The molecular weight excluding hydrogens is 376 g/mol. The second kappa shape index (κ2) is 8.63. The molecule has 2 heterocycles. The number of rotatable bonds is 5. The van der Waals surface area contributed by atoms with Crippen LogP contribution in [0.2, 0.25) is 5.02 Å². The van der Waals surface area contributed by atoms with Crippen LogP contribution in [0.15, 0.2) is 55.0 Å².